The van der Waals surface area contributed by atoms with Crippen molar-refractivity contribution in [2.75, 3.05) is 19.7 Å². The van der Waals surface area contributed by atoms with Crippen LogP contribution in [0.25, 0.3) is 11.0 Å². The van der Waals surface area contributed by atoms with Gasteiger partial charge in [-0.05, 0) is 42.7 Å². The van der Waals surface area contributed by atoms with Gasteiger partial charge in [-0.25, -0.2) is 4.79 Å². The number of hydrogen-bond acceptors (Lipinski definition) is 4. The summed E-state index contributed by atoms with van der Waals surface area (Å²) in [5, 5.41) is 0.941. The maximum atomic E-state index is 12.7. The van der Waals surface area contributed by atoms with E-state index in [1.54, 1.807) is 21.6 Å². The van der Waals surface area contributed by atoms with Crippen molar-refractivity contribution >= 4 is 40.1 Å². The van der Waals surface area contributed by atoms with Gasteiger partial charge in [0.25, 0.3) is 0 Å². The number of carbonyl (C=O) groups is 1. The second kappa shape index (κ2) is 9.44. The number of carbonyl (C=O) groups excluding carboxylic acids is 1. The number of hydrogen-bond donors (Lipinski definition) is 2. The number of nitrogens with zero attached hydrogens (tertiary/aromatic N) is 2. The van der Waals surface area contributed by atoms with Crippen LogP contribution in [-0.4, -0.2) is 46.1 Å². The van der Waals surface area contributed by atoms with Crippen LogP contribution in [-0.2, 0) is 16.1 Å². The minimum Gasteiger partial charge on any atom is -0.375 e. The molecule has 3 N–H and O–H groups in total. The molecule has 0 aliphatic carbocycles. The van der Waals surface area contributed by atoms with Gasteiger partial charge < -0.3 is 20.4 Å². The van der Waals surface area contributed by atoms with Gasteiger partial charge >= 0.3 is 5.69 Å². The number of para-hydroxylation sites is 2. The normalized spacial score (nSPS) is 16.0. The van der Waals surface area contributed by atoms with Crippen molar-refractivity contribution in [2.45, 2.75) is 31.5 Å². The summed E-state index contributed by atoms with van der Waals surface area (Å²) >= 11 is 11.9. The number of halogens is 2. The molecule has 2 heterocycles. The summed E-state index contributed by atoms with van der Waals surface area (Å²) in [5.74, 6) is -0.140. The molecule has 1 aliphatic heterocycles. The molecule has 9 heteroatoms. The highest BCUT2D eigenvalue weighted by molar-refractivity contribution is 6.42. The summed E-state index contributed by atoms with van der Waals surface area (Å²) in [7, 11) is 0. The zero-order chi connectivity index (χ0) is 22.0. The number of piperidine rings is 1. The zero-order valence-corrected chi connectivity index (χ0v) is 18.4. The third-order valence-corrected chi connectivity index (χ3v) is 6.37. The average Bonchev–Trinajstić information content (AvgIpc) is 3.11. The molecule has 1 aliphatic rings. The van der Waals surface area contributed by atoms with Gasteiger partial charge in [-0.3, -0.25) is 9.36 Å². The monoisotopic (exact) mass is 462 g/mol. The highest BCUT2D eigenvalue weighted by atomic mass is 35.5. The summed E-state index contributed by atoms with van der Waals surface area (Å²) in [5.41, 5.74) is 8.54. The lowest BCUT2D eigenvalue weighted by atomic mass is 10.0. The van der Waals surface area contributed by atoms with Crippen molar-refractivity contribution < 1.29 is 9.53 Å². The number of imidazole rings is 1. The van der Waals surface area contributed by atoms with Crippen LogP contribution >= 0.6 is 23.2 Å². The molecule has 0 unspecified atom stereocenters. The Bertz CT molecular complexity index is 1140. The fraction of sp³-hybridized carbons (Fsp3) is 0.364. The lowest BCUT2D eigenvalue weighted by Gasteiger charge is -2.34. The fourth-order valence-corrected chi connectivity index (χ4v) is 4.34. The quantitative estimate of drug-likeness (QED) is 0.587. The molecule has 0 bridgehead atoms. The van der Waals surface area contributed by atoms with Crippen molar-refractivity contribution in [3.05, 3.63) is 68.6 Å². The number of aromatic nitrogens is 2. The van der Waals surface area contributed by atoms with E-state index in [2.05, 4.69) is 4.98 Å². The second-order valence-electron chi connectivity index (χ2n) is 7.74. The Labute approximate surface area is 189 Å². The van der Waals surface area contributed by atoms with E-state index >= 15 is 0 Å². The van der Waals surface area contributed by atoms with E-state index in [0.717, 1.165) is 16.6 Å². The Morgan fingerprint density at radius 3 is 2.65 bits per heavy atom. The Hall–Kier alpha value is -2.32. The zero-order valence-electron chi connectivity index (χ0n) is 16.9. The molecule has 31 heavy (non-hydrogen) atoms. The first kappa shape index (κ1) is 21.9. The van der Waals surface area contributed by atoms with Crippen molar-refractivity contribution in [2.24, 2.45) is 5.73 Å². The number of aromatic amines is 1. The van der Waals surface area contributed by atoms with Crippen LogP contribution in [0.3, 0.4) is 0 Å². The number of ether oxygens (including phenoxy) is 1. The van der Waals surface area contributed by atoms with Crippen molar-refractivity contribution in [1.82, 2.24) is 14.5 Å². The highest BCUT2D eigenvalue weighted by Crippen LogP contribution is 2.25. The maximum Gasteiger partial charge on any atom is 0.326 e. The topological polar surface area (TPSA) is 93.3 Å². The Balaban J connectivity index is 1.30. The smallest absolute Gasteiger partial charge is 0.326 e. The van der Waals surface area contributed by atoms with Gasteiger partial charge in [-0.2, -0.15) is 0 Å². The van der Waals surface area contributed by atoms with E-state index < -0.39 is 6.04 Å². The molecular weight excluding hydrogens is 439 g/mol. The third-order valence-electron chi connectivity index (χ3n) is 5.63. The number of H-pyrrole nitrogens is 1. The van der Waals surface area contributed by atoms with Gasteiger partial charge in [0.2, 0.25) is 5.91 Å². The molecule has 1 amide bonds. The van der Waals surface area contributed by atoms with Crippen LogP contribution < -0.4 is 11.4 Å². The van der Waals surface area contributed by atoms with E-state index in [1.165, 1.54) is 0 Å². The Kier molecular flexibility index (Phi) is 6.67. The number of amides is 1. The van der Waals surface area contributed by atoms with E-state index in [1.807, 2.05) is 30.3 Å². The molecule has 0 radical (unpaired) electrons. The number of nitrogens with two attached hydrogens (primary N) is 1. The van der Waals surface area contributed by atoms with E-state index in [-0.39, 0.29) is 24.2 Å². The molecule has 0 spiro atoms. The van der Waals surface area contributed by atoms with E-state index in [4.69, 9.17) is 33.7 Å². The average molecular weight is 463 g/mol. The molecule has 1 aromatic heterocycles. The van der Waals surface area contributed by atoms with Crippen LogP contribution in [0.5, 0.6) is 0 Å². The molecule has 7 nitrogen and oxygen atoms in total. The van der Waals surface area contributed by atoms with Crippen LogP contribution in [0, 0.1) is 0 Å². The number of benzene rings is 2. The Morgan fingerprint density at radius 2 is 1.90 bits per heavy atom. The second-order valence-corrected chi connectivity index (χ2v) is 8.56. The minimum absolute atomic E-state index is 0.0508. The van der Waals surface area contributed by atoms with Gasteiger partial charge in [0, 0.05) is 19.1 Å². The fourth-order valence-electron chi connectivity index (χ4n) is 4.02. The highest BCUT2D eigenvalue weighted by Gasteiger charge is 2.28. The first-order valence-corrected chi connectivity index (χ1v) is 10.9. The third kappa shape index (κ3) is 4.80. The van der Waals surface area contributed by atoms with Crippen LogP contribution in [0.4, 0.5) is 0 Å². The molecule has 2 aromatic carbocycles. The van der Waals surface area contributed by atoms with Crippen molar-refractivity contribution in [3.8, 4) is 0 Å². The van der Waals surface area contributed by atoms with E-state index in [0.29, 0.717) is 42.6 Å². The number of fused-ring (bicyclic) bond motifs is 1. The van der Waals surface area contributed by atoms with Crippen LogP contribution in [0.2, 0.25) is 10.0 Å². The molecule has 0 saturated carbocycles. The summed E-state index contributed by atoms with van der Waals surface area (Å²) in [4.78, 5) is 29.8. The lowest BCUT2D eigenvalue weighted by molar-refractivity contribution is -0.135. The number of nitrogens with one attached hydrogen (secondary N) is 1. The lowest BCUT2D eigenvalue weighted by Crippen LogP contribution is -2.49. The van der Waals surface area contributed by atoms with E-state index in [9.17, 15) is 9.59 Å². The minimum atomic E-state index is -0.741. The summed E-state index contributed by atoms with van der Waals surface area (Å²) in [6, 6.07) is 12.2. The molecule has 4 rings (SSSR count). The molecule has 1 saturated heterocycles. The first-order chi connectivity index (χ1) is 14.9. The maximum absolute atomic E-state index is 12.7. The van der Waals surface area contributed by atoms with Gasteiger partial charge in [0.1, 0.15) is 6.04 Å². The molecule has 3 aromatic rings. The molecule has 1 fully saturated rings. The number of likely N-dealkylation sites (tertiary alicyclic amines) is 1. The standard InChI is InChI=1S/C22H24Cl2N4O3/c23-16-6-5-14(11-17(16)24)12-31-13-18(25)21(29)27-9-7-15(8-10-27)28-20-4-2-1-3-19(20)26-22(28)30/h1-6,11,15,18H,7-10,12-13,25H2,(H,26,30)/t18-/m0/s1. The van der Waals surface area contributed by atoms with Crippen molar-refractivity contribution in [3.63, 3.8) is 0 Å². The van der Waals surface area contributed by atoms with Gasteiger partial charge in [0.15, 0.2) is 0 Å². The molecular formula is C22H24Cl2N4O3. The predicted octanol–water partition coefficient (Wildman–Crippen LogP) is 3.34. The van der Waals surface area contributed by atoms with Crippen LogP contribution in [0.1, 0.15) is 24.4 Å². The van der Waals surface area contributed by atoms with Crippen molar-refractivity contribution in [1.29, 1.82) is 0 Å². The first-order valence-electron chi connectivity index (χ1n) is 10.2. The predicted molar refractivity (Wildman–Crippen MR) is 122 cm³/mol. The largest absolute Gasteiger partial charge is 0.375 e. The molecule has 1 atom stereocenters. The Morgan fingerprint density at radius 1 is 1.16 bits per heavy atom. The SMILES string of the molecule is N[C@@H](COCc1ccc(Cl)c(Cl)c1)C(=O)N1CCC(n2c(=O)[nH]c3ccccc32)CC1. The van der Waals surface area contributed by atoms with Gasteiger partial charge in [-0.15, -0.1) is 0 Å². The number of rotatable bonds is 6. The molecule has 164 valence electrons. The van der Waals surface area contributed by atoms with Gasteiger partial charge in [0.05, 0.1) is 34.3 Å². The van der Waals surface area contributed by atoms with Crippen LogP contribution in [0.15, 0.2) is 47.3 Å². The summed E-state index contributed by atoms with van der Waals surface area (Å²) < 4.78 is 7.41. The summed E-state index contributed by atoms with van der Waals surface area (Å²) in [6.07, 6.45) is 1.40. The summed E-state index contributed by atoms with van der Waals surface area (Å²) in [6.45, 7) is 1.51. The van der Waals surface area contributed by atoms with Gasteiger partial charge in [-0.1, -0.05) is 41.4 Å².